The Balaban J connectivity index is 1.27. The van der Waals surface area contributed by atoms with E-state index >= 15 is 0 Å². The summed E-state index contributed by atoms with van der Waals surface area (Å²) in [5.41, 5.74) is 5.77. The van der Waals surface area contributed by atoms with Gasteiger partial charge in [-0.25, -0.2) is 5.01 Å². The Morgan fingerprint density at radius 3 is 2.23 bits per heavy atom. The minimum atomic E-state index is -0.242. The van der Waals surface area contributed by atoms with Crippen molar-refractivity contribution in [3.05, 3.63) is 131 Å². The lowest BCUT2D eigenvalue weighted by atomic mass is 9.98. The summed E-state index contributed by atoms with van der Waals surface area (Å²) in [5.74, 6) is 0.369. The zero-order valence-corrected chi connectivity index (χ0v) is 21.9. The van der Waals surface area contributed by atoms with E-state index in [9.17, 15) is 9.59 Å². The number of rotatable bonds is 9. The molecule has 6 nitrogen and oxygen atoms in total. The largest absolute Gasteiger partial charge is 0.497 e. The van der Waals surface area contributed by atoms with Gasteiger partial charge in [-0.1, -0.05) is 91.0 Å². The van der Waals surface area contributed by atoms with E-state index in [0.29, 0.717) is 12.8 Å². The number of methoxy groups -OCH3 is 1. The number of benzene rings is 4. The van der Waals surface area contributed by atoms with E-state index in [0.717, 1.165) is 33.8 Å². The first-order valence-electron chi connectivity index (χ1n) is 13.1. The van der Waals surface area contributed by atoms with Crippen LogP contribution in [-0.4, -0.2) is 29.6 Å². The van der Waals surface area contributed by atoms with Gasteiger partial charge < -0.3 is 10.1 Å². The number of nitrogens with zero attached hydrogens (tertiary/aromatic N) is 2. The van der Waals surface area contributed by atoms with E-state index in [-0.39, 0.29) is 30.7 Å². The molecule has 0 aromatic heterocycles. The predicted molar refractivity (Wildman–Crippen MR) is 154 cm³/mol. The molecule has 0 fully saturated rings. The van der Waals surface area contributed by atoms with Crippen molar-refractivity contribution in [1.82, 2.24) is 5.01 Å². The molecule has 4 aromatic carbocycles. The van der Waals surface area contributed by atoms with E-state index in [1.54, 1.807) is 12.1 Å². The van der Waals surface area contributed by atoms with Gasteiger partial charge in [-0.15, -0.1) is 0 Å². The van der Waals surface area contributed by atoms with E-state index in [1.807, 2.05) is 97.1 Å². The molecule has 39 heavy (non-hydrogen) atoms. The molecule has 1 aliphatic rings. The summed E-state index contributed by atoms with van der Waals surface area (Å²) < 4.78 is 5.30. The highest BCUT2D eigenvalue weighted by atomic mass is 16.5. The van der Waals surface area contributed by atoms with Crippen LogP contribution in [0.15, 0.2) is 114 Å². The van der Waals surface area contributed by atoms with E-state index in [1.165, 1.54) is 5.56 Å². The third-order valence-corrected chi connectivity index (χ3v) is 6.87. The zero-order chi connectivity index (χ0) is 27.0. The fourth-order valence-electron chi connectivity index (χ4n) is 4.79. The maximum Gasteiger partial charge on any atom is 0.243 e. The summed E-state index contributed by atoms with van der Waals surface area (Å²) in [5, 5.41) is 9.27. The molecule has 0 saturated heterocycles. The summed E-state index contributed by atoms with van der Waals surface area (Å²) in [6.07, 6.45) is 1.44. The number of carbonyl (C=O) groups excluding carboxylic acids is 2. The van der Waals surface area contributed by atoms with Crippen LogP contribution in [0.4, 0.5) is 5.69 Å². The highest BCUT2D eigenvalue weighted by Gasteiger charge is 2.33. The topological polar surface area (TPSA) is 71.0 Å². The first-order valence-corrected chi connectivity index (χ1v) is 13.1. The van der Waals surface area contributed by atoms with Crippen molar-refractivity contribution < 1.29 is 14.3 Å². The third kappa shape index (κ3) is 6.41. The van der Waals surface area contributed by atoms with Crippen LogP contribution in [0.3, 0.4) is 0 Å². The standard InChI is InChI=1S/C33H31N3O3/c1-39-28-18-16-26(17-19-28)31-23-30(25-12-6-3-7-13-25)35-36(31)33(38)21-20-32(37)34-29-15-9-8-14-27(29)22-24-10-4-2-5-11-24/h2-19,31H,20-23H2,1H3,(H,34,37)/t31-/m0/s1. The number of hydrogen-bond donors (Lipinski definition) is 1. The highest BCUT2D eigenvalue weighted by Crippen LogP contribution is 2.34. The third-order valence-electron chi connectivity index (χ3n) is 6.87. The van der Waals surface area contributed by atoms with Crippen LogP contribution in [0.2, 0.25) is 0 Å². The Kier molecular flexibility index (Phi) is 8.12. The van der Waals surface area contributed by atoms with E-state index in [2.05, 4.69) is 17.4 Å². The fraction of sp³-hybridized carbons (Fsp3) is 0.182. The summed E-state index contributed by atoms with van der Waals surface area (Å²) in [4.78, 5) is 26.3. The van der Waals surface area contributed by atoms with E-state index < -0.39 is 0 Å². The maximum atomic E-state index is 13.4. The number of nitrogens with one attached hydrogen (secondary N) is 1. The SMILES string of the molecule is COc1ccc([C@@H]2CC(c3ccccc3)=NN2C(=O)CCC(=O)Nc2ccccc2Cc2ccccc2)cc1. The molecule has 4 aromatic rings. The van der Waals surface area contributed by atoms with Crippen molar-refractivity contribution in [3.63, 3.8) is 0 Å². The number of carbonyl (C=O) groups is 2. The summed E-state index contributed by atoms with van der Waals surface area (Å²) >= 11 is 0. The van der Waals surface area contributed by atoms with Gasteiger partial charge in [0, 0.05) is 24.9 Å². The number of anilines is 1. The van der Waals surface area contributed by atoms with Crippen LogP contribution < -0.4 is 10.1 Å². The van der Waals surface area contributed by atoms with Crippen LogP contribution in [0.5, 0.6) is 5.75 Å². The van der Waals surface area contributed by atoms with Crippen molar-refractivity contribution in [2.24, 2.45) is 5.10 Å². The molecule has 0 saturated carbocycles. The van der Waals surface area contributed by atoms with Gasteiger partial charge in [-0.2, -0.15) is 5.10 Å². The van der Waals surface area contributed by atoms with Gasteiger partial charge in [-0.3, -0.25) is 9.59 Å². The second-order valence-corrected chi connectivity index (χ2v) is 9.51. The van der Waals surface area contributed by atoms with Crippen LogP contribution in [-0.2, 0) is 16.0 Å². The monoisotopic (exact) mass is 517 g/mol. The lowest BCUT2D eigenvalue weighted by molar-refractivity contribution is -0.134. The molecule has 1 heterocycles. The highest BCUT2D eigenvalue weighted by molar-refractivity contribution is 6.03. The first kappa shape index (κ1) is 25.9. The Bertz CT molecular complexity index is 1450. The van der Waals surface area contributed by atoms with Crippen molar-refractivity contribution in [3.8, 4) is 5.75 Å². The van der Waals surface area contributed by atoms with Crippen molar-refractivity contribution >= 4 is 23.2 Å². The minimum Gasteiger partial charge on any atom is -0.497 e. The van der Waals surface area contributed by atoms with E-state index in [4.69, 9.17) is 9.84 Å². The number of ether oxygens (including phenoxy) is 1. The smallest absolute Gasteiger partial charge is 0.243 e. The summed E-state index contributed by atoms with van der Waals surface area (Å²) in [7, 11) is 1.63. The normalized spacial score (nSPS) is 14.5. The second kappa shape index (κ2) is 12.2. The second-order valence-electron chi connectivity index (χ2n) is 9.51. The molecule has 1 atom stereocenters. The molecule has 2 amide bonds. The average Bonchev–Trinajstić information content (AvgIpc) is 3.44. The Hall–Kier alpha value is -4.71. The lowest BCUT2D eigenvalue weighted by Gasteiger charge is -2.22. The number of hydrogen-bond acceptors (Lipinski definition) is 4. The molecule has 0 spiro atoms. The van der Waals surface area contributed by atoms with Crippen LogP contribution in [0, 0.1) is 0 Å². The maximum absolute atomic E-state index is 13.4. The van der Waals surface area contributed by atoms with Crippen molar-refractivity contribution in [2.75, 3.05) is 12.4 Å². The number of para-hydroxylation sites is 1. The summed E-state index contributed by atoms with van der Waals surface area (Å²) in [6, 6.07) is 35.2. The Morgan fingerprint density at radius 1 is 0.846 bits per heavy atom. The summed E-state index contributed by atoms with van der Waals surface area (Å²) in [6.45, 7) is 0. The molecule has 1 aliphatic heterocycles. The van der Waals surface area contributed by atoms with Crippen LogP contribution in [0.25, 0.3) is 0 Å². The van der Waals surface area contributed by atoms with Gasteiger partial charge in [0.15, 0.2) is 0 Å². The molecular formula is C33H31N3O3. The predicted octanol–water partition coefficient (Wildman–Crippen LogP) is 6.38. The molecule has 5 rings (SSSR count). The first-order chi connectivity index (χ1) is 19.1. The van der Waals surface area contributed by atoms with Crippen LogP contribution in [0.1, 0.15) is 47.6 Å². The quantitative estimate of drug-likeness (QED) is 0.280. The molecule has 196 valence electrons. The van der Waals surface area contributed by atoms with Gasteiger partial charge in [0.25, 0.3) is 0 Å². The Morgan fingerprint density at radius 2 is 1.51 bits per heavy atom. The average molecular weight is 518 g/mol. The number of hydrazone groups is 1. The van der Waals surface area contributed by atoms with Gasteiger partial charge in [0.1, 0.15) is 5.75 Å². The van der Waals surface area contributed by atoms with Crippen molar-refractivity contribution in [2.45, 2.75) is 31.7 Å². The molecule has 0 unspecified atom stereocenters. The molecule has 0 radical (unpaired) electrons. The molecule has 6 heteroatoms. The molecule has 0 aliphatic carbocycles. The van der Waals surface area contributed by atoms with Gasteiger partial charge >= 0.3 is 0 Å². The van der Waals surface area contributed by atoms with Gasteiger partial charge in [0.2, 0.25) is 11.8 Å². The van der Waals surface area contributed by atoms with Gasteiger partial charge in [0.05, 0.1) is 18.9 Å². The zero-order valence-electron chi connectivity index (χ0n) is 21.9. The number of amides is 2. The fourth-order valence-corrected chi connectivity index (χ4v) is 4.79. The van der Waals surface area contributed by atoms with Crippen LogP contribution >= 0.6 is 0 Å². The lowest BCUT2D eigenvalue weighted by Crippen LogP contribution is -2.28. The molecule has 0 bridgehead atoms. The van der Waals surface area contributed by atoms with Crippen molar-refractivity contribution in [1.29, 1.82) is 0 Å². The minimum absolute atomic E-state index is 0.0604. The Labute approximate surface area is 228 Å². The van der Waals surface area contributed by atoms with Gasteiger partial charge in [-0.05, 0) is 46.9 Å². The molecular weight excluding hydrogens is 486 g/mol. The molecule has 1 N–H and O–H groups in total.